The van der Waals surface area contributed by atoms with Gasteiger partial charge in [-0.3, -0.25) is 9.79 Å². The molecule has 1 atom stereocenters. The molecule has 5 nitrogen and oxygen atoms in total. The zero-order valence-corrected chi connectivity index (χ0v) is 16.6. The Kier molecular flexibility index (Phi) is 6.46. The standard InChI is InChI=1S/C20H30N4OS/c1-20(10-5-11-26-20)14-23-19(21-2)22-13-15-6-3-9-17(12-15)24-18(25)16-7-4-8-16/h3,6,9,12,16H,4-5,7-8,10-11,13-14H2,1-2H3,(H,24,25)(H2,21,22,23). The summed E-state index contributed by atoms with van der Waals surface area (Å²) in [4.78, 5) is 16.4. The number of carbonyl (C=O) groups excluding carboxylic acids is 1. The maximum absolute atomic E-state index is 12.1. The maximum atomic E-state index is 12.1. The number of hydrogen-bond donors (Lipinski definition) is 3. The molecule has 0 spiro atoms. The summed E-state index contributed by atoms with van der Waals surface area (Å²) in [6.45, 7) is 3.92. The molecular formula is C20H30N4OS. The summed E-state index contributed by atoms with van der Waals surface area (Å²) in [5.41, 5.74) is 2.00. The highest BCUT2D eigenvalue weighted by Crippen LogP contribution is 2.36. The number of guanidine groups is 1. The molecular weight excluding hydrogens is 344 g/mol. The van der Waals surface area contributed by atoms with Crippen LogP contribution in [-0.4, -0.2) is 36.0 Å². The quantitative estimate of drug-likeness (QED) is 0.528. The van der Waals surface area contributed by atoms with Gasteiger partial charge in [0.1, 0.15) is 0 Å². The Morgan fingerprint density at radius 3 is 2.81 bits per heavy atom. The second kappa shape index (κ2) is 8.80. The Bertz CT molecular complexity index is 651. The normalized spacial score (nSPS) is 23.4. The van der Waals surface area contributed by atoms with Gasteiger partial charge >= 0.3 is 0 Å². The summed E-state index contributed by atoms with van der Waals surface area (Å²) in [5.74, 6) is 2.43. The van der Waals surface area contributed by atoms with Crippen LogP contribution in [0.1, 0.15) is 44.6 Å². The van der Waals surface area contributed by atoms with Crippen molar-refractivity contribution < 1.29 is 4.79 Å². The smallest absolute Gasteiger partial charge is 0.227 e. The largest absolute Gasteiger partial charge is 0.355 e. The van der Waals surface area contributed by atoms with Crippen molar-refractivity contribution in [3.05, 3.63) is 29.8 Å². The minimum Gasteiger partial charge on any atom is -0.355 e. The van der Waals surface area contributed by atoms with Gasteiger partial charge in [-0.2, -0.15) is 11.8 Å². The Balaban J connectivity index is 1.48. The number of amides is 1. The molecule has 3 N–H and O–H groups in total. The summed E-state index contributed by atoms with van der Waals surface area (Å²) >= 11 is 2.04. The Morgan fingerprint density at radius 2 is 2.15 bits per heavy atom. The zero-order valence-electron chi connectivity index (χ0n) is 15.8. The molecule has 0 radical (unpaired) electrons. The third-order valence-corrected chi connectivity index (χ3v) is 6.82. The Hall–Kier alpha value is -1.69. The molecule has 6 heteroatoms. The van der Waals surface area contributed by atoms with E-state index in [1.54, 1.807) is 7.05 Å². The van der Waals surface area contributed by atoms with Gasteiger partial charge in [0.15, 0.2) is 5.96 Å². The van der Waals surface area contributed by atoms with E-state index in [1.807, 2.05) is 30.0 Å². The molecule has 3 rings (SSSR count). The number of hydrogen-bond acceptors (Lipinski definition) is 3. The van der Waals surface area contributed by atoms with Gasteiger partial charge in [-0.05, 0) is 56.1 Å². The highest BCUT2D eigenvalue weighted by molar-refractivity contribution is 8.00. The number of benzene rings is 1. The van der Waals surface area contributed by atoms with E-state index in [0.717, 1.165) is 36.6 Å². The van der Waals surface area contributed by atoms with Crippen LogP contribution in [0.15, 0.2) is 29.3 Å². The van der Waals surface area contributed by atoms with E-state index in [1.165, 1.54) is 25.0 Å². The average Bonchev–Trinajstić information content (AvgIpc) is 3.00. The van der Waals surface area contributed by atoms with E-state index in [9.17, 15) is 4.79 Å². The van der Waals surface area contributed by atoms with Gasteiger partial charge < -0.3 is 16.0 Å². The molecule has 1 unspecified atom stereocenters. The number of thioether (sulfide) groups is 1. The van der Waals surface area contributed by atoms with Crippen molar-refractivity contribution in [1.82, 2.24) is 10.6 Å². The first-order chi connectivity index (χ1) is 12.6. The lowest BCUT2D eigenvalue weighted by atomic mass is 9.85. The van der Waals surface area contributed by atoms with E-state index in [0.29, 0.717) is 11.3 Å². The second-order valence-corrected chi connectivity index (χ2v) is 9.18. The van der Waals surface area contributed by atoms with Crippen molar-refractivity contribution in [1.29, 1.82) is 0 Å². The van der Waals surface area contributed by atoms with Crippen LogP contribution in [0.5, 0.6) is 0 Å². The lowest BCUT2D eigenvalue weighted by Crippen LogP contribution is -2.43. The van der Waals surface area contributed by atoms with Gasteiger partial charge in [-0.15, -0.1) is 0 Å². The Morgan fingerprint density at radius 1 is 1.31 bits per heavy atom. The summed E-state index contributed by atoms with van der Waals surface area (Å²) in [7, 11) is 1.80. The van der Waals surface area contributed by atoms with Crippen LogP contribution in [-0.2, 0) is 11.3 Å². The summed E-state index contributed by atoms with van der Waals surface area (Å²) in [5, 5.41) is 9.85. The van der Waals surface area contributed by atoms with Gasteiger partial charge in [0, 0.05) is 36.5 Å². The average molecular weight is 375 g/mol. The lowest BCUT2D eigenvalue weighted by Gasteiger charge is -2.24. The number of carbonyl (C=O) groups is 1. The van der Waals surface area contributed by atoms with Crippen LogP contribution in [0.2, 0.25) is 0 Å². The number of anilines is 1. The van der Waals surface area contributed by atoms with Crippen molar-refractivity contribution in [3.8, 4) is 0 Å². The molecule has 1 aliphatic heterocycles. The molecule has 2 aliphatic rings. The summed E-state index contributed by atoms with van der Waals surface area (Å²) in [6.07, 6.45) is 5.77. The fourth-order valence-corrected chi connectivity index (χ4v) is 4.57. The van der Waals surface area contributed by atoms with Crippen molar-refractivity contribution in [2.45, 2.75) is 50.3 Å². The van der Waals surface area contributed by atoms with Gasteiger partial charge in [0.05, 0.1) is 0 Å². The first-order valence-electron chi connectivity index (χ1n) is 9.56. The fourth-order valence-electron chi connectivity index (χ4n) is 3.33. The maximum Gasteiger partial charge on any atom is 0.227 e. The monoisotopic (exact) mass is 374 g/mol. The van der Waals surface area contributed by atoms with Crippen LogP contribution in [0.4, 0.5) is 5.69 Å². The molecule has 1 saturated heterocycles. The molecule has 0 bridgehead atoms. The Labute approximate surface area is 160 Å². The highest BCUT2D eigenvalue weighted by Gasteiger charge is 2.29. The van der Waals surface area contributed by atoms with E-state index in [4.69, 9.17) is 0 Å². The molecule has 1 saturated carbocycles. The van der Waals surface area contributed by atoms with Crippen LogP contribution in [0, 0.1) is 5.92 Å². The van der Waals surface area contributed by atoms with E-state index in [2.05, 4.69) is 33.9 Å². The van der Waals surface area contributed by atoms with Crippen molar-refractivity contribution in [3.63, 3.8) is 0 Å². The van der Waals surface area contributed by atoms with Crippen molar-refractivity contribution in [2.75, 3.05) is 24.7 Å². The van der Waals surface area contributed by atoms with E-state index >= 15 is 0 Å². The SMILES string of the molecule is CN=C(NCc1cccc(NC(=O)C2CCC2)c1)NCC1(C)CCCS1. The minimum atomic E-state index is 0.154. The van der Waals surface area contributed by atoms with Gasteiger partial charge in [0.2, 0.25) is 5.91 Å². The second-order valence-electron chi connectivity index (χ2n) is 7.50. The van der Waals surface area contributed by atoms with E-state index in [-0.39, 0.29) is 11.8 Å². The summed E-state index contributed by atoms with van der Waals surface area (Å²) in [6, 6.07) is 8.03. The van der Waals surface area contributed by atoms with Gasteiger partial charge in [-0.1, -0.05) is 18.6 Å². The minimum absolute atomic E-state index is 0.154. The van der Waals surface area contributed by atoms with Crippen LogP contribution < -0.4 is 16.0 Å². The highest BCUT2D eigenvalue weighted by atomic mass is 32.2. The molecule has 1 aromatic rings. The molecule has 142 valence electrons. The fraction of sp³-hybridized carbons (Fsp3) is 0.600. The first-order valence-corrected chi connectivity index (χ1v) is 10.5. The number of nitrogens with zero attached hydrogens (tertiary/aromatic N) is 1. The van der Waals surface area contributed by atoms with Gasteiger partial charge in [0.25, 0.3) is 0 Å². The third-order valence-electron chi connectivity index (χ3n) is 5.28. The van der Waals surface area contributed by atoms with E-state index < -0.39 is 0 Å². The summed E-state index contributed by atoms with van der Waals surface area (Å²) < 4.78 is 0.309. The number of nitrogens with one attached hydrogen (secondary N) is 3. The van der Waals surface area contributed by atoms with Crippen molar-refractivity contribution >= 4 is 29.3 Å². The van der Waals surface area contributed by atoms with Crippen LogP contribution in [0.25, 0.3) is 0 Å². The number of aliphatic imine (C=N–C) groups is 1. The number of rotatable bonds is 6. The van der Waals surface area contributed by atoms with Crippen molar-refractivity contribution in [2.24, 2.45) is 10.9 Å². The molecule has 1 aliphatic carbocycles. The molecule has 1 aromatic carbocycles. The zero-order chi connectivity index (χ0) is 18.4. The predicted octanol–water partition coefficient (Wildman–Crippen LogP) is 3.38. The molecule has 26 heavy (non-hydrogen) atoms. The van der Waals surface area contributed by atoms with Crippen LogP contribution >= 0.6 is 11.8 Å². The molecule has 2 fully saturated rings. The molecule has 0 aromatic heterocycles. The third kappa shape index (κ3) is 5.16. The molecule has 1 heterocycles. The topological polar surface area (TPSA) is 65.5 Å². The molecule has 1 amide bonds. The van der Waals surface area contributed by atoms with Gasteiger partial charge in [-0.25, -0.2) is 0 Å². The lowest BCUT2D eigenvalue weighted by molar-refractivity contribution is -0.122. The first kappa shape index (κ1) is 19.1. The van der Waals surface area contributed by atoms with Crippen LogP contribution in [0.3, 0.4) is 0 Å². The predicted molar refractivity (Wildman–Crippen MR) is 111 cm³/mol.